The van der Waals surface area contributed by atoms with Gasteiger partial charge in [-0.15, -0.1) is 0 Å². The number of hydrogen-bond acceptors (Lipinski definition) is 2. The van der Waals surface area contributed by atoms with E-state index in [4.69, 9.17) is 5.11 Å². The first-order valence-electron chi connectivity index (χ1n) is 5.12. The Balaban J connectivity index is 2.30. The molecule has 0 atom stereocenters. The number of aromatic carboxylic acids is 1. The first-order valence-corrected chi connectivity index (χ1v) is 5.12. The van der Waals surface area contributed by atoms with Gasteiger partial charge in [0, 0.05) is 19.4 Å². The maximum Gasteiger partial charge on any atom is 0.335 e. The Labute approximate surface area is 97.5 Å². The predicted molar refractivity (Wildman–Crippen MR) is 62.2 cm³/mol. The largest absolute Gasteiger partial charge is 0.478 e. The molecule has 1 aromatic carbocycles. The molecule has 0 spiro atoms. The van der Waals surface area contributed by atoms with E-state index in [0.717, 1.165) is 5.56 Å². The topological polar surface area (TPSA) is 64.2 Å². The number of nitrogens with zero attached hydrogens (tertiary/aromatic N) is 2. The van der Waals surface area contributed by atoms with E-state index in [0.29, 0.717) is 6.54 Å². The molecule has 5 heteroatoms. The van der Waals surface area contributed by atoms with Crippen LogP contribution in [0.1, 0.15) is 15.9 Å². The number of rotatable bonds is 3. The van der Waals surface area contributed by atoms with Crippen LogP contribution in [0.2, 0.25) is 0 Å². The van der Waals surface area contributed by atoms with Crippen LogP contribution >= 0.6 is 0 Å². The molecule has 0 amide bonds. The lowest BCUT2D eigenvalue weighted by Crippen LogP contribution is -2.22. The van der Waals surface area contributed by atoms with E-state index in [9.17, 15) is 9.59 Å². The van der Waals surface area contributed by atoms with Crippen molar-refractivity contribution in [1.29, 1.82) is 0 Å². The maximum atomic E-state index is 11.6. The zero-order chi connectivity index (χ0) is 12.4. The quantitative estimate of drug-likeness (QED) is 0.856. The number of aromatic nitrogens is 2. The molecule has 0 saturated heterocycles. The van der Waals surface area contributed by atoms with Crippen molar-refractivity contribution < 1.29 is 9.90 Å². The molecule has 2 rings (SSSR count). The normalized spacial score (nSPS) is 10.4. The van der Waals surface area contributed by atoms with Crippen molar-refractivity contribution in [2.45, 2.75) is 6.54 Å². The summed E-state index contributed by atoms with van der Waals surface area (Å²) < 4.78 is 3.00. The molecule has 88 valence electrons. The highest BCUT2D eigenvalue weighted by Crippen LogP contribution is 2.06. The van der Waals surface area contributed by atoms with E-state index in [-0.39, 0.29) is 11.3 Å². The molecule has 0 radical (unpaired) electrons. The van der Waals surface area contributed by atoms with Gasteiger partial charge in [0.1, 0.15) is 0 Å². The average Bonchev–Trinajstić information content (AvgIpc) is 2.61. The lowest BCUT2D eigenvalue weighted by atomic mass is 10.1. The van der Waals surface area contributed by atoms with Crippen molar-refractivity contribution in [3.63, 3.8) is 0 Å². The van der Waals surface area contributed by atoms with Gasteiger partial charge in [0.05, 0.1) is 12.1 Å². The van der Waals surface area contributed by atoms with Gasteiger partial charge in [-0.2, -0.15) is 0 Å². The highest BCUT2D eigenvalue weighted by molar-refractivity contribution is 5.87. The Morgan fingerprint density at radius 3 is 2.71 bits per heavy atom. The minimum atomic E-state index is -0.966. The third-order valence-electron chi connectivity index (χ3n) is 2.54. The predicted octanol–water partition coefficient (Wildman–Crippen LogP) is 0.933. The van der Waals surface area contributed by atoms with Gasteiger partial charge >= 0.3 is 11.7 Å². The summed E-state index contributed by atoms with van der Waals surface area (Å²) >= 11 is 0. The molecule has 1 N–H and O–H groups in total. The van der Waals surface area contributed by atoms with Crippen LogP contribution in [-0.2, 0) is 13.6 Å². The second-order valence-electron chi connectivity index (χ2n) is 3.83. The summed E-state index contributed by atoms with van der Waals surface area (Å²) in [5.41, 5.74) is 0.899. The molecule has 17 heavy (non-hydrogen) atoms. The first-order chi connectivity index (χ1) is 8.08. The molecule has 5 nitrogen and oxygen atoms in total. The number of carboxylic acid groups (broad SMARTS) is 1. The van der Waals surface area contributed by atoms with E-state index < -0.39 is 5.97 Å². The Hall–Kier alpha value is -2.30. The van der Waals surface area contributed by atoms with E-state index >= 15 is 0 Å². The lowest BCUT2D eigenvalue weighted by molar-refractivity contribution is 0.0696. The van der Waals surface area contributed by atoms with Crippen molar-refractivity contribution in [3.8, 4) is 0 Å². The van der Waals surface area contributed by atoms with Crippen molar-refractivity contribution in [2.75, 3.05) is 0 Å². The van der Waals surface area contributed by atoms with Crippen molar-refractivity contribution >= 4 is 5.97 Å². The van der Waals surface area contributed by atoms with Crippen LogP contribution < -0.4 is 5.69 Å². The van der Waals surface area contributed by atoms with Crippen molar-refractivity contribution in [3.05, 3.63) is 58.3 Å². The number of benzene rings is 1. The molecule has 1 aromatic heterocycles. The van der Waals surface area contributed by atoms with E-state index in [1.165, 1.54) is 15.2 Å². The average molecular weight is 232 g/mol. The number of hydrogen-bond donors (Lipinski definition) is 1. The van der Waals surface area contributed by atoms with E-state index in [1.54, 1.807) is 37.6 Å². The van der Waals surface area contributed by atoms with Crippen LogP contribution in [0, 0.1) is 0 Å². The van der Waals surface area contributed by atoms with E-state index in [1.807, 2.05) is 0 Å². The Kier molecular flexibility index (Phi) is 2.82. The smallest absolute Gasteiger partial charge is 0.335 e. The van der Waals surface area contributed by atoms with Gasteiger partial charge in [0.25, 0.3) is 0 Å². The van der Waals surface area contributed by atoms with Crippen LogP contribution in [0.5, 0.6) is 0 Å². The fourth-order valence-corrected chi connectivity index (χ4v) is 1.63. The molecular weight excluding hydrogens is 220 g/mol. The summed E-state index contributed by atoms with van der Waals surface area (Å²) in [6.07, 6.45) is 3.35. The van der Waals surface area contributed by atoms with Crippen LogP contribution in [0.25, 0.3) is 0 Å². The highest BCUT2D eigenvalue weighted by atomic mass is 16.4. The molecule has 2 aromatic rings. The lowest BCUT2D eigenvalue weighted by Gasteiger charge is -2.03. The summed E-state index contributed by atoms with van der Waals surface area (Å²) in [5, 5.41) is 8.86. The third-order valence-corrected chi connectivity index (χ3v) is 2.54. The SMILES string of the molecule is Cn1ccn(Cc2cccc(C(=O)O)c2)c1=O. The highest BCUT2D eigenvalue weighted by Gasteiger charge is 2.05. The van der Waals surface area contributed by atoms with Crippen LogP contribution in [0.4, 0.5) is 0 Å². The summed E-state index contributed by atoms with van der Waals surface area (Å²) in [6, 6.07) is 6.57. The second kappa shape index (κ2) is 4.29. The van der Waals surface area contributed by atoms with Gasteiger partial charge < -0.3 is 9.67 Å². The number of aryl methyl sites for hydroxylation is 1. The third kappa shape index (κ3) is 2.28. The number of carboxylic acids is 1. The molecule has 1 heterocycles. The van der Waals surface area contributed by atoms with Gasteiger partial charge in [-0.25, -0.2) is 9.59 Å². The number of imidazole rings is 1. The maximum absolute atomic E-state index is 11.6. The summed E-state index contributed by atoms with van der Waals surface area (Å²) in [7, 11) is 1.67. The molecular formula is C12H12N2O3. The molecule has 0 unspecified atom stereocenters. The molecule has 0 aliphatic carbocycles. The van der Waals surface area contributed by atoms with Crippen LogP contribution in [0.3, 0.4) is 0 Å². The van der Waals surface area contributed by atoms with E-state index in [2.05, 4.69) is 0 Å². The Bertz CT molecular complexity index is 610. The van der Waals surface area contributed by atoms with Gasteiger partial charge in [0.15, 0.2) is 0 Å². The standard InChI is InChI=1S/C12H12N2O3/c1-13-5-6-14(12(13)17)8-9-3-2-4-10(7-9)11(15)16/h2-7H,8H2,1H3,(H,15,16). The molecule has 0 bridgehead atoms. The molecule has 0 fully saturated rings. The second-order valence-corrected chi connectivity index (χ2v) is 3.83. The number of carbonyl (C=O) groups is 1. The molecule has 0 aliphatic heterocycles. The first kappa shape index (κ1) is 11.2. The Morgan fingerprint density at radius 2 is 2.12 bits per heavy atom. The van der Waals surface area contributed by atoms with Gasteiger partial charge in [-0.05, 0) is 17.7 Å². The van der Waals surface area contributed by atoms with Crippen LogP contribution in [-0.4, -0.2) is 20.2 Å². The zero-order valence-electron chi connectivity index (χ0n) is 9.33. The summed E-state index contributed by atoms with van der Waals surface area (Å²) in [6.45, 7) is 0.376. The van der Waals surface area contributed by atoms with Gasteiger partial charge in [-0.3, -0.25) is 4.57 Å². The Morgan fingerprint density at radius 1 is 1.35 bits per heavy atom. The van der Waals surface area contributed by atoms with Gasteiger partial charge in [-0.1, -0.05) is 12.1 Å². The fourth-order valence-electron chi connectivity index (χ4n) is 1.63. The fraction of sp³-hybridized carbons (Fsp3) is 0.167. The van der Waals surface area contributed by atoms with Crippen molar-refractivity contribution in [2.24, 2.45) is 7.05 Å². The summed E-state index contributed by atoms with van der Waals surface area (Å²) in [4.78, 5) is 22.4. The molecule has 0 saturated carbocycles. The molecule has 0 aliphatic rings. The van der Waals surface area contributed by atoms with Crippen molar-refractivity contribution in [1.82, 2.24) is 9.13 Å². The minimum absolute atomic E-state index is 0.120. The summed E-state index contributed by atoms with van der Waals surface area (Å²) in [5.74, 6) is -0.966. The monoisotopic (exact) mass is 232 g/mol. The van der Waals surface area contributed by atoms with Crippen LogP contribution in [0.15, 0.2) is 41.5 Å². The zero-order valence-corrected chi connectivity index (χ0v) is 9.33. The van der Waals surface area contributed by atoms with Gasteiger partial charge in [0.2, 0.25) is 0 Å². The minimum Gasteiger partial charge on any atom is -0.478 e.